The lowest BCUT2D eigenvalue weighted by atomic mass is 10.1. The highest BCUT2D eigenvalue weighted by atomic mass is 28.4. The number of rotatable bonds is 25. The maximum atomic E-state index is 12.0. The van der Waals surface area contributed by atoms with Crippen LogP contribution in [0.15, 0.2) is 144 Å². The fourth-order valence-corrected chi connectivity index (χ4v) is 12.2. The van der Waals surface area contributed by atoms with Crippen LogP contribution in [-0.2, 0) is 23.4 Å². The van der Waals surface area contributed by atoms with Crippen LogP contribution in [-0.4, -0.2) is 55.6 Å². The fourth-order valence-electron chi connectivity index (χ4n) is 6.36. The van der Waals surface area contributed by atoms with Gasteiger partial charge < -0.3 is 18.6 Å². The number of hydrogen-bond acceptors (Lipinski definition) is 5. The van der Waals surface area contributed by atoms with Crippen LogP contribution in [0.3, 0.4) is 0 Å². The van der Waals surface area contributed by atoms with E-state index in [0.29, 0.717) is 12.2 Å². The molecule has 300 valence electrons. The largest absolute Gasteiger partial charge is 0.458 e. The van der Waals surface area contributed by atoms with E-state index in [-0.39, 0.29) is 30.5 Å². The molecule has 5 nitrogen and oxygen atoms in total. The molecule has 0 aliphatic rings. The number of unbranched alkanes of at least 4 members (excludes halogenated alkanes) is 4. The molecule has 2 rings (SSSR count). The van der Waals surface area contributed by atoms with Crippen molar-refractivity contribution in [2.75, 3.05) is 27.1 Å². The molecule has 0 N–H and O–H groups in total. The van der Waals surface area contributed by atoms with Gasteiger partial charge in [0.2, 0.25) is 0 Å². The van der Waals surface area contributed by atoms with Gasteiger partial charge in [-0.2, -0.15) is 0 Å². The molecule has 0 aromatic heterocycles. The van der Waals surface area contributed by atoms with E-state index in [1.165, 1.54) is 21.1 Å². The molecule has 0 amide bonds. The van der Waals surface area contributed by atoms with Gasteiger partial charge in [0.05, 0.1) is 20.8 Å². The molecule has 0 radical (unpaired) electrons. The van der Waals surface area contributed by atoms with Crippen LogP contribution in [0.25, 0.3) is 0 Å². The van der Waals surface area contributed by atoms with E-state index in [2.05, 4.69) is 163 Å². The van der Waals surface area contributed by atoms with Gasteiger partial charge in [-0.05, 0) is 79.8 Å². The molecule has 1 atom stereocenters. The van der Waals surface area contributed by atoms with E-state index < -0.39 is 16.4 Å². The van der Waals surface area contributed by atoms with E-state index >= 15 is 0 Å². The smallest absolute Gasteiger partial charge is 0.333 e. The molecule has 0 unspecified atom stereocenters. The van der Waals surface area contributed by atoms with Crippen molar-refractivity contribution in [2.24, 2.45) is 0 Å². The van der Waals surface area contributed by atoms with E-state index in [1.807, 2.05) is 6.08 Å². The third-order valence-electron chi connectivity index (χ3n) is 9.52. The lowest BCUT2D eigenvalue weighted by molar-refractivity contribution is -0.137. The molecule has 0 spiro atoms. The average molecular weight is 783 g/mol. The lowest BCUT2D eigenvalue weighted by Crippen LogP contribution is -2.66. The number of methoxy groups -OCH3 is 1. The molecular weight excluding hydrogens is 713 g/mol. The van der Waals surface area contributed by atoms with Gasteiger partial charge in [0.1, 0.15) is 13.4 Å². The Morgan fingerprint density at radius 2 is 1.47 bits per heavy atom. The third kappa shape index (κ3) is 17.0. The highest BCUT2D eigenvalue weighted by Gasteiger charge is 2.50. The average Bonchev–Trinajstić information content (AvgIpc) is 3.16. The Kier molecular flexibility index (Phi) is 22.1. The highest BCUT2D eigenvalue weighted by Crippen LogP contribution is 2.37. The van der Waals surface area contributed by atoms with E-state index in [0.717, 1.165) is 44.9 Å². The number of esters is 1. The molecule has 0 fully saturated rings. The van der Waals surface area contributed by atoms with Gasteiger partial charge in [-0.3, -0.25) is 0 Å². The van der Waals surface area contributed by atoms with Crippen LogP contribution in [0.4, 0.5) is 0 Å². The summed E-state index contributed by atoms with van der Waals surface area (Å²) in [4.78, 5) is 12.0. The second kappa shape index (κ2) is 25.5. The Labute approximate surface area is 336 Å². The first-order valence-corrected chi connectivity index (χ1v) is 25.4. The van der Waals surface area contributed by atoms with Crippen LogP contribution in [0.5, 0.6) is 0 Å². The van der Waals surface area contributed by atoms with Gasteiger partial charge in [0, 0.05) is 12.7 Å². The van der Waals surface area contributed by atoms with Gasteiger partial charge >= 0.3 is 5.97 Å². The highest BCUT2D eigenvalue weighted by molar-refractivity contribution is 6.99. The van der Waals surface area contributed by atoms with Crippen LogP contribution in [0.1, 0.15) is 79.6 Å². The standard InChI is InChI=1S/C48H70O5Si2/c1-11-37-51-47(49)41(3)29-27-28-31-43(52-40-50-7)38-46(54(8,9)10)36-22-18-16-14-13-15-17-21-30-42(12-2)39-53-55(48(4,5)6,44-32-23-19-24-33-44)45-34-25-20-26-35-45/h11-12,15,17,19-26,29-30,32-36,38,43H,1,13-14,16,18,27-28,31,37,39-40H2,2-10H3/b17-15+,30-21+,36-22+,41-29+,42-12-,46-38-/t43-/m0/s1. The summed E-state index contributed by atoms with van der Waals surface area (Å²) in [5.41, 5.74) is 1.80. The predicted octanol–water partition coefficient (Wildman–Crippen LogP) is 11.4. The number of allylic oxidation sites excluding steroid dienone is 8. The summed E-state index contributed by atoms with van der Waals surface area (Å²) in [5.74, 6) is -0.293. The molecule has 7 heteroatoms. The maximum Gasteiger partial charge on any atom is 0.333 e. The summed E-state index contributed by atoms with van der Waals surface area (Å²) in [7, 11) is -2.53. The van der Waals surface area contributed by atoms with Crippen molar-refractivity contribution in [1.82, 2.24) is 0 Å². The van der Waals surface area contributed by atoms with Crippen LogP contribution < -0.4 is 10.4 Å². The zero-order chi connectivity index (χ0) is 40.6. The number of carbonyl (C=O) groups is 1. The fraction of sp³-hybridized carbons (Fsp3) is 0.438. The third-order valence-corrected chi connectivity index (χ3v) is 16.6. The number of hydrogen-bond donors (Lipinski definition) is 0. The lowest BCUT2D eigenvalue weighted by Gasteiger charge is -2.43. The van der Waals surface area contributed by atoms with Gasteiger partial charge in [-0.1, -0.05) is 174 Å². The van der Waals surface area contributed by atoms with Crippen LogP contribution >= 0.6 is 0 Å². The van der Waals surface area contributed by atoms with Gasteiger partial charge in [0.25, 0.3) is 8.32 Å². The van der Waals surface area contributed by atoms with Crippen molar-refractivity contribution in [3.8, 4) is 0 Å². The van der Waals surface area contributed by atoms with Crippen molar-refractivity contribution in [1.29, 1.82) is 0 Å². The molecule has 0 bridgehead atoms. The monoisotopic (exact) mass is 782 g/mol. The maximum absolute atomic E-state index is 12.0. The van der Waals surface area contributed by atoms with Gasteiger partial charge in [-0.15, -0.1) is 0 Å². The normalized spacial score (nSPS) is 14.3. The van der Waals surface area contributed by atoms with Crippen molar-refractivity contribution < 1.29 is 23.4 Å². The number of carbonyl (C=O) groups excluding carboxylic acids is 1. The minimum absolute atomic E-state index is 0.0450. The number of ether oxygens (including phenoxy) is 3. The van der Waals surface area contributed by atoms with Crippen LogP contribution in [0.2, 0.25) is 24.7 Å². The molecule has 0 saturated heterocycles. The summed E-state index contributed by atoms with van der Waals surface area (Å²) in [6.07, 6.45) is 28.2. The first kappa shape index (κ1) is 47.6. The first-order chi connectivity index (χ1) is 26.3. The van der Waals surface area contributed by atoms with Gasteiger partial charge in [-0.25, -0.2) is 4.79 Å². The number of benzene rings is 2. The second-order valence-corrected chi connectivity index (χ2v) is 25.4. The Balaban J connectivity index is 1.94. The van der Waals surface area contributed by atoms with E-state index in [9.17, 15) is 4.79 Å². The Bertz CT molecular complexity index is 1550. The quantitative estimate of drug-likeness (QED) is 0.0191. The molecule has 55 heavy (non-hydrogen) atoms. The van der Waals surface area contributed by atoms with Gasteiger partial charge in [0.15, 0.2) is 0 Å². The minimum Gasteiger partial charge on any atom is -0.458 e. The summed E-state index contributed by atoms with van der Waals surface area (Å²) < 4.78 is 23.6. The van der Waals surface area contributed by atoms with Crippen molar-refractivity contribution >= 4 is 32.7 Å². The molecule has 0 saturated carbocycles. The molecule has 0 heterocycles. The van der Waals surface area contributed by atoms with E-state index in [4.69, 9.17) is 18.6 Å². The van der Waals surface area contributed by atoms with Crippen molar-refractivity contribution in [3.63, 3.8) is 0 Å². The zero-order valence-corrected chi connectivity index (χ0v) is 37.4. The molecular formula is C48H70O5Si2. The molecule has 0 aliphatic heterocycles. The van der Waals surface area contributed by atoms with Crippen molar-refractivity contribution in [2.45, 2.75) is 110 Å². The zero-order valence-electron chi connectivity index (χ0n) is 35.4. The predicted molar refractivity (Wildman–Crippen MR) is 240 cm³/mol. The summed E-state index contributed by atoms with van der Waals surface area (Å²) in [5, 5.41) is 3.93. The summed E-state index contributed by atoms with van der Waals surface area (Å²) in [6, 6.07) is 21.6. The van der Waals surface area contributed by atoms with Crippen LogP contribution in [0, 0.1) is 0 Å². The molecule has 2 aromatic rings. The Morgan fingerprint density at radius 3 is 2.02 bits per heavy atom. The summed E-state index contributed by atoms with van der Waals surface area (Å²) in [6.45, 7) is 22.6. The Morgan fingerprint density at radius 1 is 0.855 bits per heavy atom. The van der Waals surface area contributed by atoms with E-state index in [1.54, 1.807) is 20.1 Å². The first-order valence-electron chi connectivity index (χ1n) is 20.0. The second-order valence-electron chi connectivity index (χ2n) is 16.0. The summed E-state index contributed by atoms with van der Waals surface area (Å²) >= 11 is 0. The molecule has 0 aliphatic carbocycles. The SMILES string of the molecule is C=CCOC(=O)/C(C)=C/CCC[C@@H](/C=C(/C=C/CCCC/C=C/C=C/C(=C/C)CO[Si](c1ccccc1)(c1ccccc1)C(C)(C)C)[Si](C)(C)C)OCOC. The molecule has 2 aromatic carbocycles. The Hall–Kier alpha value is -3.60. The topological polar surface area (TPSA) is 54.0 Å². The minimum atomic E-state index is -2.58. The van der Waals surface area contributed by atoms with Crippen molar-refractivity contribution in [3.05, 3.63) is 144 Å².